The van der Waals surface area contributed by atoms with Crippen LogP contribution in [0.5, 0.6) is 5.75 Å². The van der Waals surface area contributed by atoms with E-state index in [4.69, 9.17) is 27.9 Å². The minimum atomic E-state index is -2.93. The molecule has 0 amide bonds. The Balaban J connectivity index is 2.28. The highest BCUT2D eigenvalue weighted by atomic mass is 35.5. The summed E-state index contributed by atoms with van der Waals surface area (Å²) in [5, 5.41) is 0. The molecule has 1 fully saturated rings. The van der Waals surface area contributed by atoms with Gasteiger partial charge in [-0.1, -0.05) is 30.4 Å². The lowest BCUT2D eigenvalue weighted by Gasteiger charge is -2.04. The van der Waals surface area contributed by atoms with Gasteiger partial charge in [0.25, 0.3) is 6.43 Å². The van der Waals surface area contributed by atoms with Crippen molar-refractivity contribution in [2.24, 2.45) is 5.92 Å². The first-order valence-corrected chi connectivity index (χ1v) is 7.99. The maximum Gasteiger partial charge on any atom is 0.266 e. The normalized spacial score (nSPS) is 23.8. The summed E-state index contributed by atoms with van der Waals surface area (Å²) < 4.78 is 43.4. The van der Waals surface area contributed by atoms with Gasteiger partial charge < -0.3 is 4.74 Å². The first-order valence-electron chi connectivity index (χ1n) is 7.24. The second-order valence-corrected chi connectivity index (χ2v) is 7.04. The molecule has 1 saturated carbocycles. The van der Waals surface area contributed by atoms with Crippen LogP contribution < -0.4 is 4.74 Å². The standard InChI is InChI=1S/C18H17Cl2F3O/c1-4-13(17(22)23)14(21)9-10(2)15-16(18(15,19)20)11-5-7-12(24-3)8-6-11/h4-9,15-17H,1H2,2-3H3/b10-9+,14-13-. The van der Waals surface area contributed by atoms with E-state index in [1.54, 1.807) is 26.2 Å². The minimum absolute atomic E-state index is 0.241. The third-order valence-corrected chi connectivity index (χ3v) is 5.04. The van der Waals surface area contributed by atoms with Gasteiger partial charge in [0, 0.05) is 11.8 Å². The van der Waals surface area contributed by atoms with Gasteiger partial charge in [-0.3, -0.25) is 0 Å². The van der Waals surface area contributed by atoms with Crippen molar-refractivity contribution in [3.8, 4) is 5.75 Å². The number of ether oxygens (including phenoxy) is 1. The molecule has 1 aliphatic rings. The topological polar surface area (TPSA) is 9.23 Å². The van der Waals surface area contributed by atoms with Gasteiger partial charge >= 0.3 is 0 Å². The molecule has 6 heteroatoms. The van der Waals surface area contributed by atoms with Crippen molar-refractivity contribution in [2.45, 2.75) is 23.6 Å². The molecule has 2 atom stereocenters. The molecule has 2 unspecified atom stereocenters. The third-order valence-electron chi connectivity index (χ3n) is 4.10. The zero-order chi connectivity index (χ0) is 18.1. The molecule has 0 heterocycles. The van der Waals surface area contributed by atoms with Crippen LogP contribution in [0.4, 0.5) is 13.2 Å². The van der Waals surface area contributed by atoms with Crippen molar-refractivity contribution in [3.05, 3.63) is 65.5 Å². The molecule has 0 spiro atoms. The lowest BCUT2D eigenvalue weighted by molar-refractivity contribution is 0.191. The Labute approximate surface area is 149 Å². The second-order valence-electron chi connectivity index (χ2n) is 5.60. The van der Waals surface area contributed by atoms with E-state index in [1.807, 2.05) is 12.1 Å². The molecule has 130 valence electrons. The number of halogens is 5. The van der Waals surface area contributed by atoms with Crippen molar-refractivity contribution in [3.63, 3.8) is 0 Å². The van der Waals surface area contributed by atoms with Crippen molar-refractivity contribution in [1.29, 1.82) is 0 Å². The van der Waals surface area contributed by atoms with Crippen molar-refractivity contribution in [1.82, 2.24) is 0 Å². The highest BCUT2D eigenvalue weighted by Gasteiger charge is 2.64. The lowest BCUT2D eigenvalue weighted by atomic mass is 10.0. The number of rotatable bonds is 6. The van der Waals surface area contributed by atoms with E-state index in [0.717, 1.165) is 17.7 Å². The molecule has 1 nitrogen and oxygen atoms in total. The van der Waals surface area contributed by atoms with E-state index >= 15 is 0 Å². The van der Waals surface area contributed by atoms with Gasteiger partial charge in [0.2, 0.25) is 0 Å². The monoisotopic (exact) mass is 376 g/mol. The maximum atomic E-state index is 14.0. The number of hydrogen-bond donors (Lipinski definition) is 0. The highest BCUT2D eigenvalue weighted by Crippen LogP contribution is 2.67. The predicted molar refractivity (Wildman–Crippen MR) is 91.8 cm³/mol. The average Bonchev–Trinajstić information content (AvgIpc) is 3.10. The SMILES string of the molecule is C=C/C(=C(F)\C=C(/C)C1C(c2ccc(OC)cc2)C1(Cl)Cl)C(F)F. The summed E-state index contributed by atoms with van der Waals surface area (Å²) in [4.78, 5) is 0. The van der Waals surface area contributed by atoms with Crippen LogP contribution in [0, 0.1) is 5.92 Å². The third kappa shape index (κ3) is 3.65. The molecule has 0 aromatic heterocycles. The van der Waals surface area contributed by atoms with Crippen LogP contribution in [-0.4, -0.2) is 17.9 Å². The van der Waals surface area contributed by atoms with Crippen LogP contribution in [0.2, 0.25) is 0 Å². The van der Waals surface area contributed by atoms with Crippen LogP contribution in [0.15, 0.2) is 60.0 Å². The summed E-state index contributed by atoms with van der Waals surface area (Å²) in [5.74, 6) is -0.931. The smallest absolute Gasteiger partial charge is 0.266 e. The Kier molecular flexibility index (Phi) is 5.71. The molecular weight excluding hydrogens is 360 g/mol. The summed E-state index contributed by atoms with van der Waals surface area (Å²) in [6, 6.07) is 7.22. The molecule has 2 rings (SSSR count). The summed E-state index contributed by atoms with van der Waals surface area (Å²) >= 11 is 12.6. The molecule has 1 aromatic carbocycles. The Morgan fingerprint density at radius 1 is 1.29 bits per heavy atom. The number of methoxy groups -OCH3 is 1. The first kappa shape index (κ1) is 18.9. The quantitative estimate of drug-likeness (QED) is 0.423. The fourth-order valence-corrected chi connectivity index (χ4v) is 3.76. The molecule has 1 aromatic rings. The fourth-order valence-electron chi connectivity index (χ4n) is 2.78. The Hall–Kier alpha value is -1.39. The molecule has 24 heavy (non-hydrogen) atoms. The first-order chi connectivity index (χ1) is 11.2. The summed E-state index contributed by atoms with van der Waals surface area (Å²) in [5.41, 5.74) is 0.629. The number of hydrogen-bond acceptors (Lipinski definition) is 1. The fraction of sp³-hybridized carbons (Fsp3) is 0.333. The maximum absolute atomic E-state index is 14.0. The number of allylic oxidation sites excluding steroid dienone is 5. The Morgan fingerprint density at radius 2 is 1.88 bits per heavy atom. The lowest BCUT2D eigenvalue weighted by Crippen LogP contribution is -1.97. The summed E-state index contributed by atoms with van der Waals surface area (Å²) in [6.07, 6.45) is -1.07. The molecule has 0 saturated heterocycles. The van der Waals surface area contributed by atoms with E-state index in [-0.39, 0.29) is 11.8 Å². The van der Waals surface area contributed by atoms with Gasteiger partial charge in [-0.15, -0.1) is 23.2 Å². The van der Waals surface area contributed by atoms with Crippen molar-refractivity contribution in [2.75, 3.05) is 7.11 Å². The van der Waals surface area contributed by atoms with E-state index in [9.17, 15) is 13.2 Å². The van der Waals surface area contributed by atoms with Crippen LogP contribution in [-0.2, 0) is 0 Å². The molecule has 0 N–H and O–H groups in total. The number of alkyl halides is 4. The van der Waals surface area contributed by atoms with E-state index in [1.165, 1.54) is 0 Å². The summed E-state index contributed by atoms with van der Waals surface area (Å²) in [7, 11) is 1.56. The molecule has 1 aliphatic carbocycles. The average molecular weight is 377 g/mol. The Bertz CT molecular complexity index is 678. The Morgan fingerprint density at radius 3 is 2.33 bits per heavy atom. The van der Waals surface area contributed by atoms with Crippen LogP contribution in [0.1, 0.15) is 18.4 Å². The van der Waals surface area contributed by atoms with Gasteiger partial charge in [-0.05, 0) is 30.7 Å². The largest absolute Gasteiger partial charge is 0.497 e. The molecular formula is C18H17Cl2F3O. The minimum Gasteiger partial charge on any atom is -0.497 e. The van der Waals surface area contributed by atoms with Gasteiger partial charge in [0.05, 0.1) is 12.7 Å². The highest BCUT2D eigenvalue weighted by molar-refractivity contribution is 6.52. The molecule has 0 radical (unpaired) electrons. The van der Waals surface area contributed by atoms with Gasteiger partial charge in [0.1, 0.15) is 15.9 Å². The predicted octanol–water partition coefficient (Wildman–Crippen LogP) is 6.20. The van der Waals surface area contributed by atoms with Crippen LogP contribution >= 0.6 is 23.2 Å². The summed E-state index contributed by atoms with van der Waals surface area (Å²) in [6.45, 7) is 4.83. The molecule has 0 bridgehead atoms. The van der Waals surface area contributed by atoms with E-state index < -0.39 is 22.2 Å². The zero-order valence-electron chi connectivity index (χ0n) is 13.2. The van der Waals surface area contributed by atoms with Gasteiger partial charge in [0.15, 0.2) is 0 Å². The van der Waals surface area contributed by atoms with Crippen LogP contribution in [0.3, 0.4) is 0 Å². The van der Waals surface area contributed by atoms with Gasteiger partial charge in [-0.2, -0.15) is 0 Å². The number of benzene rings is 1. The van der Waals surface area contributed by atoms with E-state index in [0.29, 0.717) is 11.3 Å². The van der Waals surface area contributed by atoms with Crippen molar-refractivity contribution >= 4 is 23.2 Å². The zero-order valence-corrected chi connectivity index (χ0v) is 14.7. The van der Waals surface area contributed by atoms with Gasteiger partial charge in [-0.25, -0.2) is 13.2 Å². The van der Waals surface area contributed by atoms with Crippen LogP contribution in [0.25, 0.3) is 0 Å². The second kappa shape index (κ2) is 7.24. The van der Waals surface area contributed by atoms with E-state index in [2.05, 4.69) is 6.58 Å². The molecule has 0 aliphatic heterocycles. The van der Waals surface area contributed by atoms with Crippen molar-refractivity contribution < 1.29 is 17.9 Å².